The second kappa shape index (κ2) is 7.25. The molecule has 1 heterocycles. The minimum atomic E-state index is 0.324. The first-order chi connectivity index (χ1) is 9.78. The molecule has 108 valence electrons. The Hall–Kier alpha value is -1.61. The molecule has 2 rings (SSSR count). The van der Waals surface area contributed by atoms with E-state index in [-0.39, 0.29) is 0 Å². The van der Waals surface area contributed by atoms with Crippen molar-refractivity contribution in [2.75, 3.05) is 7.05 Å². The van der Waals surface area contributed by atoms with Gasteiger partial charge in [0.2, 0.25) is 0 Å². The fourth-order valence-corrected chi connectivity index (χ4v) is 2.59. The third-order valence-corrected chi connectivity index (χ3v) is 3.77. The molecule has 3 nitrogen and oxygen atoms in total. The fourth-order valence-electron chi connectivity index (χ4n) is 2.59. The monoisotopic (exact) mass is 271 g/mol. The summed E-state index contributed by atoms with van der Waals surface area (Å²) in [5.41, 5.74) is 2.76. The molecule has 1 N–H and O–H groups in total. The van der Waals surface area contributed by atoms with E-state index in [1.165, 1.54) is 17.5 Å². The molecule has 2 aromatic rings. The highest BCUT2D eigenvalue weighted by atomic mass is 15.1. The Bertz CT molecular complexity index is 513. The molecule has 0 amide bonds. The first-order valence-electron chi connectivity index (χ1n) is 7.54. The smallest absolute Gasteiger partial charge is 0.108 e. The highest BCUT2D eigenvalue weighted by Crippen LogP contribution is 2.17. The number of nitrogens with zero attached hydrogens (tertiary/aromatic N) is 2. The van der Waals surface area contributed by atoms with Crippen LogP contribution in [0.3, 0.4) is 0 Å². The van der Waals surface area contributed by atoms with Gasteiger partial charge in [0, 0.05) is 31.4 Å². The van der Waals surface area contributed by atoms with E-state index in [2.05, 4.69) is 59.2 Å². The number of hydrogen-bond donors (Lipinski definition) is 1. The molecule has 0 aliphatic rings. The Kier molecular flexibility index (Phi) is 5.36. The van der Waals surface area contributed by atoms with E-state index in [1.807, 2.05) is 13.2 Å². The van der Waals surface area contributed by atoms with Gasteiger partial charge >= 0.3 is 0 Å². The molecule has 3 heteroatoms. The van der Waals surface area contributed by atoms with E-state index in [1.54, 1.807) is 0 Å². The molecule has 1 aromatic carbocycles. The SMILES string of the molecule is CCCc1ccc(C(Cn2ccnc2CC)NC)cc1. The molecular weight excluding hydrogens is 246 g/mol. The predicted octanol–water partition coefficient (Wildman–Crippen LogP) is 3.36. The highest BCUT2D eigenvalue weighted by molar-refractivity contribution is 5.25. The van der Waals surface area contributed by atoms with Crippen LogP contribution in [0.2, 0.25) is 0 Å². The molecule has 1 unspecified atom stereocenters. The normalized spacial score (nSPS) is 12.6. The predicted molar refractivity (Wildman–Crippen MR) is 83.8 cm³/mol. The Morgan fingerprint density at radius 3 is 2.55 bits per heavy atom. The van der Waals surface area contributed by atoms with Crippen LogP contribution in [0.1, 0.15) is 43.3 Å². The Morgan fingerprint density at radius 1 is 1.20 bits per heavy atom. The number of aryl methyl sites for hydroxylation is 2. The van der Waals surface area contributed by atoms with Gasteiger partial charge in [0.15, 0.2) is 0 Å². The molecule has 0 spiro atoms. The van der Waals surface area contributed by atoms with Gasteiger partial charge in [-0.2, -0.15) is 0 Å². The number of hydrogen-bond acceptors (Lipinski definition) is 2. The van der Waals surface area contributed by atoms with Crippen LogP contribution < -0.4 is 5.32 Å². The van der Waals surface area contributed by atoms with Crippen LogP contribution in [0, 0.1) is 0 Å². The molecule has 20 heavy (non-hydrogen) atoms. The number of aromatic nitrogens is 2. The summed E-state index contributed by atoms with van der Waals surface area (Å²) in [7, 11) is 2.02. The average Bonchev–Trinajstić information content (AvgIpc) is 2.93. The Labute approximate surface area is 122 Å². The van der Waals surface area contributed by atoms with Crippen LogP contribution in [0.5, 0.6) is 0 Å². The lowest BCUT2D eigenvalue weighted by Crippen LogP contribution is -2.22. The molecule has 0 bridgehead atoms. The maximum Gasteiger partial charge on any atom is 0.108 e. The quantitative estimate of drug-likeness (QED) is 0.837. The van der Waals surface area contributed by atoms with E-state index in [9.17, 15) is 0 Å². The zero-order chi connectivity index (χ0) is 14.4. The van der Waals surface area contributed by atoms with Crippen molar-refractivity contribution < 1.29 is 0 Å². The summed E-state index contributed by atoms with van der Waals surface area (Å²) in [6.07, 6.45) is 7.28. The lowest BCUT2D eigenvalue weighted by molar-refractivity contribution is 0.489. The van der Waals surface area contributed by atoms with Crippen LogP contribution >= 0.6 is 0 Å². The first-order valence-corrected chi connectivity index (χ1v) is 7.54. The largest absolute Gasteiger partial charge is 0.333 e. The van der Waals surface area contributed by atoms with Gasteiger partial charge in [-0.1, -0.05) is 44.5 Å². The number of benzene rings is 1. The van der Waals surface area contributed by atoms with E-state index in [4.69, 9.17) is 0 Å². The van der Waals surface area contributed by atoms with E-state index in [0.717, 1.165) is 25.2 Å². The van der Waals surface area contributed by atoms with Gasteiger partial charge < -0.3 is 9.88 Å². The average molecular weight is 271 g/mol. The molecule has 1 aromatic heterocycles. The molecule has 0 fully saturated rings. The molecule has 0 aliphatic carbocycles. The van der Waals surface area contributed by atoms with Crippen LogP contribution in [-0.4, -0.2) is 16.6 Å². The van der Waals surface area contributed by atoms with Gasteiger partial charge in [0.25, 0.3) is 0 Å². The summed E-state index contributed by atoms with van der Waals surface area (Å²) >= 11 is 0. The molecule has 0 radical (unpaired) electrons. The number of rotatable bonds is 7. The van der Waals surface area contributed by atoms with Crippen LogP contribution in [0.25, 0.3) is 0 Å². The van der Waals surface area contributed by atoms with Gasteiger partial charge in [-0.05, 0) is 24.6 Å². The molecule has 1 atom stereocenters. The first kappa shape index (κ1) is 14.8. The second-order valence-corrected chi connectivity index (χ2v) is 5.18. The van der Waals surface area contributed by atoms with Gasteiger partial charge in [0.1, 0.15) is 5.82 Å². The molecule has 0 saturated carbocycles. The minimum absolute atomic E-state index is 0.324. The van der Waals surface area contributed by atoms with Crippen molar-refractivity contribution >= 4 is 0 Å². The van der Waals surface area contributed by atoms with Crippen molar-refractivity contribution in [1.29, 1.82) is 0 Å². The van der Waals surface area contributed by atoms with Gasteiger partial charge in [-0.15, -0.1) is 0 Å². The van der Waals surface area contributed by atoms with Crippen molar-refractivity contribution in [2.45, 2.75) is 45.7 Å². The van der Waals surface area contributed by atoms with Crippen molar-refractivity contribution in [3.63, 3.8) is 0 Å². The summed E-state index contributed by atoms with van der Waals surface area (Å²) in [6.45, 7) is 5.29. The van der Waals surface area contributed by atoms with Crippen molar-refractivity contribution in [3.8, 4) is 0 Å². The second-order valence-electron chi connectivity index (χ2n) is 5.18. The summed E-state index contributed by atoms with van der Waals surface area (Å²) in [6, 6.07) is 9.31. The number of imidazole rings is 1. The summed E-state index contributed by atoms with van der Waals surface area (Å²) in [4.78, 5) is 4.39. The number of nitrogens with one attached hydrogen (secondary N) is 1. The zero-order valence-corrected chi connectivity index (χ0v) is 12.8. The van der Waals surface area contributed by atoms with Crippen molar-refractivity contribution in [3.05, 3.63) is 53.6 Å². The fraction of sp³-hybridized carbons (Fsp3) is 0.471. The third kappa shape index (κ3) is 3.48. The van der Waals surface area contributed by atoms with E-state index in [0.29, 0.717) is 6.04 Å². The number of likely N-dealkylation sites (N-methyl/N-ethyl adjacent to an activating group) is 1. The van der Waals surface area contributed by atoms with Gasteiger partial charge in [0.05, 0.1) is 0 Å². The van der Waals surface area contributed by atoms with Gasteiger partial charge in [-0.25, -0.2) is 4.98 Å². The lowest BCUT2D eigenvalue weighted by Gasteiger charge is -2.19. The molecule has 0 aliphatic heterocycles. The minimum Gasteiger partial charge on any atom is -0.333 e. The standard InChI is InChI=1S/C17H25N3/c1-4-6-14-7-9-15(10-8-14)16(18-3)13-20-12-11-19-17(20)5-2/h7-12,16,18H,4-6,13H2,1-3H3. The Morgan fingerprint density at radius 2 is 1.95 bits per heavy atom. The van der Waals surface area contributed by atoms with E-state index < -0.39 is 0 Å². The third-order valence-electron chi connectivity index (χ3n) is 3.77. The lowest BCUT2D eigenvalue weighted by atomic mass is 10.0. The Balaban J connectivity index is 2.11. The summed E-state index contributed by atoms with van der Waals surface area (Å²) in [5, 5.41) is 3.41. The van der Waals surface area contributed by atoms with Crippen molar-refractivity contribution in [1.82, 2.24) is 14.9 Å². The summed E-state index contributed by atoms with van der Waals surface area (Å²) < 4.78 is 2.24. The van der Waals surface area contributed by atoms with Gasteiger partial charge in [-0.3, -0.25) is 0 Å². The summed E-state index contributed by atoms with van der Waals surface area (Å²) in [5.74, 6) is 1.15. The topological polar surface area (TPSA) is 29.9 Å². The zero-order valence-electron chi connectivity index (χ0n) is 12.8. The molecular formula is C17H25N3. The highest BCUT2D eigenvalue weighted by Gasteiger charge is 2.11. The maximum absolute atomic E-state index is 4.39. The maximum atomic E-state index is 4.39. The van der Waals surface area contributed by atoms with Crippen LogP contribution in [-0.2, 0) is 19.4 Å². The van der Waals surface area contributed by atoms with Crippen LogP contribution in [0.4, 0.5) is 0 Å². The van der Waals surface area contributed by atoms with Crippen molar-refractivity contribution in [2.24, 2.45) is 0 Å². The molecule has 0 saturated heterocycles. The van der Waals surface area contributed by atoms with E-state index >= 15 is 0 Å². The van der Waals surface area contributed by atoms with Crippen LogP contribution in [0.15, 0.2) is 36.7 Å².